The Morgan fingerprint density at radius 2 is 2.33 bits per heavy atom. The van der Waals surface area contributed by atoms with Gasteiger partial charge in [-0.05, 0) is 26.2 Å². The lowest BCUT2D eigenvalue weighted by atomic mass is 10.0. The van der Waals surface area contributed by atoms with Gasteiger partial charge in [0.25, 0.3) is 0 Å². The van der Waals surface area contributed by atoms with E-state index < -0.39 is 0 Å². The van der Waals surface area contributed by atoms with Crippen molar-refractivity contribution in [2.45, 2.75) is 32.4 Å². The van der Waals surface area contributed by atoms with Crippen molar-refractivity contribution < 1.29 is 4.74 Å². The van der Waals surface area contributed by atoms with Crippen LogP contribution >= 0.6 is 0 Å². The van der Waals surface area contributed by atoms with Gasteiger partial charge in [0.05, 0.1) is 6.61 Å². The first-order valence-electron chi connectivity index (χ1n) is 4.77. The van der Waals surface area contributed by atoms with Gasteiger partial charge in [-0.15, -0.1) is 0 Å². The summed E-state index contributed by atoms with van der Waals surface area (Å²) < 4.78 is 5.31. The predicted octanol–water partition coefficient (Wildman–Crippen LogP) is 0.348. The average Bonchev–Trinajstić information content (AvgIpc) is 2.51. The van der Waals surface area contributed by atoms with Crippen molar-refractivity contribution in [1.29, 1.82) is 0 Å². The van der Waals surface area contributed by atoms with Crippen LogP contribution in [0.4, 0.5) is 0 Å². The van der Waals surface area contributed by atoms with E-state index in [9.17, 15) is 0 Å². The lowest BCUT2D eigenvalue weighted by Crippen LogP contribution is -2.40. The molecule has 1 saturated heterocycles. The molecular formula is C9H20N2O. The normalized spacial score (nSPS) is 28.8. The second-order valence-corrected chi connectivity index (χ2v) is 3.80. The molecule has 72 valence electrons. The molecule has 0 aliphatic carbocycles. The van der Waals surface area contributed by atoms with Crippen LogP contribution in [0.25, 0.3) is 0 Å². The second kappa shape index (κ2) is 4.80. The summed E-state index contributed by atoms with van der Waals surface area (Å²) >= 11 is 0. The fourth-order valence-corrected chi connectivity index (χ4v) is 1.49. The Kier molecular flexibility index (Phi) is 3.98. The maximum absolute atomic E-state index is 5.65. The number of ether oxygens (including phenoxy) is 1. The molecule has 3 atom stereocenters. The maximum Gasteiger partial charge on any atom is 0.0509 e. The third-order valence-corrected chi connectivity index (χ3v) is 2.43. The van der Waals surface area contributed by atoms with Crippen LogP contribution in [0.2, 0.25) is 0 Å². The Balaban J connectivity index is 2.13. The van der Waals surface area contributed by atoms with Gasteiger partial charge in [-0.1, -0.05) is 0 Å². The van der Waals surface area contributed by atoms with Gasteiger partial charge in [-0.25, -0.2) is 0 Å². The molecular weight excluding hydrogens is 152 g/mol. The van der Waals surface area contributed by atoms with Crippen molar-refractivity contribution in [3.05, 3.63) is 0 Å². The minimum Gasteiger partial charge on any atom is -0.381 e. The van der Waals surface area contributed by atoms with E-state index in [2.05, 4.69) is 12.2 Å². The molecule has 0 amide bonds. The molecule has 0 aromatic heterocycles. The molecule has 0 aromatic rings. The highest BCUT2D eigenvalue weighted by atomic mass is 16.5. The standard InChI is InChI=1S/C9H20N2O/c1-7(10)5-11-8(2)9-3-4-12-6-9/h7-9,11H,3-6,10H2,1-2H3. The van der Waals surface area contributed by atoms with Crippen LogP contribution in [-0.4, -0.2) is 31.8 Å². The summed E-state index contributed by atoms with van der Waals surface area (Å²) in [6.07, 6.45) is 1.19. The van der Waals surface area contributed by atoms with Gasteiger partial charge in [-0.3, -0.25) is 0 Å². The third kappa shape index (κ3) is 3.09. The fourth-order valence-electron chi connectivity index (χ4n) is 1.49. The number of nitrogens with two attached hydrogens (primary N) is 1. The molecule has 3 unspecified atom stereocenters. The molecule has 1 fully saturated rings. The van der Waals surface area contributed by atoms with Crippen LogP contribution in [0.3, 0.4) is 0 Å². The highest BCUT2D eigenvalue weighted by Crippen LogP contribution is 2.15. The lowest BCUT2D eigenvalue weighted by Gasteiger charge is -2.20. The van der Waals surface area contributed by atoms with Crippen LogP contribution < -0.4 is 11.1 Å². The molecule has 1 aliphatic rings. The Morgan fingerprint density at radius 3 is 2.83 bits per heavy atom. The van der Waals surface area contributed by atoms with Gasteiger partial charge in [0.2, 0.25) is 0 Å². The summed E-state index contributed by atoms with van der Waals surface area (Å²) in [5.41, 5.74) is 5.65. The number of nitrogens with one attached hydrogen (secondary N) is 1. The van der Waals surface area contributed by atoms with Gasteiger partial charge < -0.3 is 15.8 Å². The summed E-state index contributed by atoms with van der Waals surface area (Å²) in [5, 5.41) is 3.42. The predicted molar refractivity (Wildman–Crippen MR) is 50.0 cm³/mol. The summed E-state index contributed by atoms with van der Waals surface area (Å²) in [5.74, 6) is 0.684. The average molecular weight is 172 g/mol. The molecule has 1 aliphatic heterocycles. The van der Waals surface area contributed by atoms with E-state index in [1.165, 1.54) is 6.42 Å². The Labute approximate surface area is 74.7 Å². The number of hydrogen-bond donors (Lipinski definition) is 2. The molecule has 3 nitrogen and oxygen atoms in total. The zero-order valence-electron chi connectivity index (χ0n) is 8.05. The smallest absolute Gasteiger partial charge is 0.0509 e. The molecule has 0 radical (unpaired) electrons. The van der Waals surface area contributed by atoms with Crippen molar-refractivity contribution in [3.8, 4) is 0 Å². The van der Waals surface area contributed by atoms with Crippen molar-refractivity contribution in [1.82, 2.24) is 5.32 Å². The molecule has 3 heteroatoms. The van der Waals surface area contributed by atoms with Crippen LogP contribution in [0, 0.1) is 5.92 Å². The lowest BCUT2D eigenvalue weighted by molar-refractivity contribution is 0.178. The zero-order valence-corrected chi connectivity index (χ0v) is 8.05. The molecule has 3 N–H and O–H groups in total. The van der Waals surface area contributed by atoms with Gasteiger partial charge in [-0.2, -0.15) is 0 Å². The minimum absolute atomic E-state index is 0.245. The van der Waals surface area contributed by atoms with E-state index in [0.717, 1.165) is 19.8 Å². The monoisotopic (exact) mass is 172 g/mol. The van der Waals surface area contributed by atoms with Gasteiger partial charge in [0.1, 0.15) is 0 Å². The first kappa shape index (κ1) is 9.96. The topological polar surface area (TPSA) is 47.3 Å². The molecule has 0 spiro atoms. The number of hydrogen-bond acceptors (Lipinski definition) is 3. The minimum atomic E-state index is 0.245. The quantitative estimate of drug-likeness (QED) is 0.643. The zero-order chi connectivity index (χ0) is 8.97. The molecule has 0 bridgehead atoms. The van der Waals surface area contributed by atoms with Crippen LogP contribution in [0.1, 0.15) is 20.3 Å². The summed E-state index contributed by atoms with van der Waals surface area (Å²) in [6.45, 7) is 6.96. The molecule has 0 saturated carbocycles. The maximum atomic E-state index is 5.65. The van der Waals surface area contributed by atoms with E-state index >= 15 is 0 Å². The van der Waals surface area contributed by atoms with E-state index in [4.69, 9.17) is 10.5 Å². The first-order chi connectivity index (χ1) is 5.70. The Bertz CT molecular complexity index is 122. The fraction of sp³-hybridized carbons (Fsp3) is 1.00. The largest absolute Gasteiger partial charge is 0.381 e. The van der Waals surface area contributed by atoms with E-state index in [-0.39, 0.29) is 6.04 Å². The van der Waals surface area contributed by atoms with Gasteiger partial charge >= 0.3 is 0 Å². The second-order valence-electron chi connectivity index (χ2n) is 3.80. The van der Waals surface area contributed by atoms with Crippen LogP contribution in [0.15, 0.2) is 0 Å². The SMILES string of the molecule is CC(N)CNC(C)C1CCOC1. The van der Waals surface area contributed by atoms with E-state index in [1.807, 2.05) is 6.92 Å². The summed E-state index contributed by atoms with van der Waals surface area (Å²) in [4.78, 5) is 0. The molecule has 1 heterocycles. The van der Waals surface area contributed by atoms with Crippen LogP contribution in [-0.2, 0) is 4.74 Å². The van der Waals surface area contributed by atoms with E-state index in [1.54, 1.807) is 0 Å². The molecule has 0 aromatic carbocycles. The summed E-state index contributed by atoms with van der Waals surface area (Å²) in [6, 6.07) is 0.785. The Morgan fingerprint density at radius 1 is 1.58 bits per heavy atom. The van der Waals surface area contributed by atoms with Crippen molar-refractivity contribution in [2.75, 3.05) is 19.8 Å². The van der Waals surface area contributed by atoms with Gasteiger partial charge in [0.15, 0.2) is 0 Å². The van der Waals surface area contributed by atoms with E-state index in [0.29, 0.717) is 12.0 Å². The Hall–Kier alpha value is -0.120. The highest BCUT2D eigenvalue weighted by molar-refractivity contribution is 4.76. The highest BCUT2D eigenvalue weighted by Gasteiger charge is 2.21. The van der Waals surface area contributed by atoms with Gasteiger partial charge in [0, 0.05) is 25.2 Å². The summed E-state index contributed by atoms with van der Waals surface area (Å²) in [7, 11) is 0. The molecule has 12 heavy (non-hydrogen) atoms. The van der Waals surface area contributed by atoms with Crippen LogP contribution in [0.5, 0.6) is 0 Å². The number of rotatable bonds is 4. The first-order valence-corrected chi connectivity index (χ1v) is 4.77. The van der Waals surface area contributed by atoms with Crippen molar-refractivity contribution in [3.63, 3.8) is 0 Å². The molecule has 1 rings (SSSR count). The third-order valence-electron chi connectivity index (χ3n) is 2.43. The van der Waals surface area contributed by atoms with Crippen molar-refractivity contribution >= 4 is 0 Å². The van der Waals surface area contributed by atoms with Crippen molar-refractivity contribution in [2.24, 2.45) is 11.7 Å².